The van der Waals surface area contributed by atoms with Crippen molar-refractivity contribution in [3.8, 4) is 5.75 Å². The topological polar surface area (TPSA) is 50.6 Å². The van der Waals surface area contributed by atoms with Crippen LogP contribution in [-0.4, -0.2) is 51.7 Å². The lowest BCUT2D eigenvalue weighted by Gasteiger charge is -2.34. The van der Waals surface area contributed by atoms with E-state index in [1.165, 1.54) is 5.56 Å². The molecule has 1 fully saturated rings. The second kappa shape index (κ2) is 10.2. The van der Waals surface area contributed by atoms with E-state index in [0.717, 1.165) is 50.5 Å². The summed E-state index contributed by atoms with van der Waals surface area (Å²) < 4.78 is 7.80. The molecular weight excluding hydrogens is 424 g/mol. The van der Waals surface area contributed by atoms with Crippen LogP contribution in [0.4, 0.5) is 0 Å². The molecule has 32 heavy (non-hydrogen) atoms. The second-order valence-corrected chi connectivity index (χ2v) is 8.49. The van der Waals surface area contributed by atoms with Gasteiger partial charge in [-0.3, -0.25) is 14.4 Å². The van der Waals surface area contributed by atoms with Crippen LogP contribution < -0.4 is 4.74 Å². The van der Waals surface area contributed by atoms with E-state index in [-0.39, 0.29) is 5.91 Å². The van der Waals surface area contributed by atoms with E-state index in [1.807, 2.05) is 52.0 Å². The van der Waals surface area contributed by atoms with Gasteiger partial charge in [-0.2, -0.15) is 5.10 Å². The van der Waals surface area contributed by atoms with Crippen LogP contribution in [-0.2, 0) is 19.7 Å². The molecule has 7 heteroatoms. The summed E-state index contributed by atoms with van der Waals surface area (Å²) >= 11 is 6.16. The van der Waals surface area contributed by atoms with Crippen LogP contribution in [0.5, 0.6) is 5.75 Å². The molecule has 2 aromatic carbocycles. The minimum absolute atomic E-state index is 0.0687. The Labute approximate surface area is 194 Å². The molecule has 0 aliphatic carbocycles. The van der Waals surface area contributed by atoms with Gasteiger partial charge in [0.1, 0.15) is 12.4 Å². The Morgan fingerprint density at radius 1 is 1.09 bits per heavy atom. The first-order valence-corrected chi connectivity index (χ1v) is 11.4. The van der Waals surface area contributed by atoms with Crippen molar-refractivity contribution in [1.82, 2.24) is 19.6 Å². The summed E-state index contributed by atoms with van der Waals surface area (Å²) in [4.78, 5) is 17.4. The lowest BCUT2D eigenvalue weighted by molar-refractivity contribution is 0.0628. The number of amides is 1. The minimum atomic E-state index is 0.0687. The van der Waals surface area contributed by atoms with Gasteiger partial charge in [-0.1, -0.05) is 35.9 Å². The monoisotopic (exact) mass is 452 g/mol. The zero-order valence-electron chi connectivity index (χ0n) is 18.6. The van der Waals surface area contributed by atoms with E-state index in [2.05, 4.69) is 30.0 Å². The van der Waals surface area contributed by atoms with E-state index in [9.17, 15) is 4.79 Å². The first-order chi connectivity index (χ1) is 15.5. The van der Waals surface area contributed by atoms with Crippen LogP contribution in [0, 0.1) is 6.92 Å². The standard InChI is InChI=1S/C25H29ClN4O2/c1-3-30-17-22(19(2)27-30)16-28-11-13-29(14-12-28)25(31)21-8-6-7-20(15-21)18-32-24-10-5-4-9-23(24)26/h4-10,15,17H,3,11-14,16,18H2,1-2H3. The average Bonchev–Trinajstić information content (AvgIpc) is 3.18. The molecule has 2 heterocycles. The van der Waals surface area contributed by atoms with Crippen molar-refractivity contribution in [3.05, 3.63) is 82.1 Å². The summed E-state index contributed by atoms with van der Waals surface area (Å²) in [7, 11) is 0. The summed E-state index contributed by atoms with van der Waals surface area (Å²) in [6.45, 7) is 9.44. The molecule has 1 aliphatic rings. The Balaban J connectivity index is 1.32. The quantitative estimate of drug-likeness (QED) is 0.533. The highest BCUT2D eigenvalue weighted by atomic mass is 35.5. The molecule has 0 unspecified atom stereocenters. The third-order valence-corrected chi connectivity index (χ3v) is 6.14. The zero-order valence-corrected chi connectivity index (χ0v) is 19.4. The van der Waals surface area contributed by atoms with E-state index in [4.69, 9.17) is 16.3 Å². The zero-order chi connectivity index (χ0) is 22.5. The Kier molecular flexibility index (Phi) is 7.12. The van der Waals surface area contributed by atoms with E-state index >= 15 is 0 Å². The van der Waals surface area contributed by atoms with Gasteiger partial charge in [0.25, 0.3) is 5.91 Å². The fraction of sp³-hybridized carbons (Fsp3) is 0.360. The maximum Gasteiger partial charge on any atom is 0.253 e. The molecule has 3 aromatic rings. The molecule has 0 N–H and O–H groups in total. The number of carbonyl (C=O) groups is 1. The first-order valence-electron chi connectivity index (χ1n) is 11.0. The van der Waals surface area contributed by atoms with Gasteiger partial charge in [0.2, 0.25) is 0 Å². The fourth-order valence-corrected chi connectivity index (χ4v) is 4.12. The molecule has 0 radical (unpaired) electrons. The normalized spacial score (nSPS) is 14.5. The van der Waals surface area contributed by atoms with Crippen LogP contribution in [0.3, 0.4) is 0 Å². The van der Waals surface area contributed by atoms with Gasteiger partial charge < -0.3 is 9.64 Å². The van der Waals surface area contributed by atoms with Gasteiger partial charge >= 0.3 is 0 Å². The van der Waals surface area contributed by atoms with Gasteiger partial charge in [-0.25, -0.2) is 0 Å². The molecule has 4 rings (SSSR count). The summed E-state index contributed by atoms with van der Waals surface area (Å²) in [6.07, 6.45) is 2.13. The molecule has 0 spiro atoms. The smallest absolute Gasteiger partial charge is 0.253 e. The minimum Gasteiger partial charge on any atom is -0.487 e. The van der Waals surface area contributed by atoms with Crippen molar-refractivity contribution >= 4 is 17.5 Å². The number of nitrogens with zero attached hydrogens (tertiary/aromatic N) is 4. The Hall–Kier alpha value is -2.83. The van der Waals surface area contributed by atoms with Crippen molar-refractivity contribution in [2.24, 2.45) is 0 Å². The summed E-state index contributed by atoms with van der Waals surface area (Å²) in [5.41, 5.74) is 3.98. The molecule has 0 bridgehead atoms. The van der Waals surface area contributed by atoms with Crippen molar-refractivity contribution in [1.29, 1.82) is 0 Å². The molecule has 1 saturated heterocycles. The van der Waals surface area contributed by atoms with Crippen LogP contribution in [0.1, 0.15) is 34.1 Å². The van der Waals surface area contributed by atoms with Crippen LogP contribution >= 0.6 is 11.6 Å². The predicted molar refractivity (Wildman–Crippen MR) is 126 cm³/mol. The highest BCUT2D eigenvalue weighted by Gasteiger charge is 2.23. The largest absolute Gasteiger partial charge is 0.487 e. The van der Waals surface area contributed by atoms with Crippen LogP contribution in [0.25, 0.3) is 0 Å². The number of hydrogen-bond donors (Lipinski definition) is 0. The van der Waals surface area contributed by atoms with Gasteiger partial charge in [-0.05, 0) is 43.7 Å². The number of halogens is 1. The van der Waals surface area contributed by atoms with Gasteiger partial charge in [0.15, 0.2) is 0 Å². The number of aromatic nitrogens is 2. The van der Waals surface area contributed by atoms with Gasteiger partial charge in [-0.15, -0.1) is 0 Å². The molecule has 1 aliphatic heterocycles. The molecule has 1 amide bonds. The van der Waals surface area contributed by atoms with Crippen LogP contribution in [0.2, 0.25) is 5.02 Å². The number of para-hydroxylation sites is 1. The average molecular weight is 453 g/mol. The number of carbonyl (C=O) groups excluding carboxylic acids is 1. The summed E-state index contributed by atoms with van der Waals surface area (Å²) in [5, 5.41) is 5.11. The summed E-state index contributed by atoms with van der Waals surface area (Å²) in [5.74, 6) is 0.709. The summed E-state index contributed by atoms with van der Waals surface area (Å²) in [6, 6.07) is 15.0. The lowest BCUT2D eigenvalue weighted by atomic mass is 10.1. The van der Waals surface area contributed by atoms with Gasteiger partial charge in [0, 0.05) is 56.6 Å². The van der Waals surface area contributed by atoms with Crippen molar-refractivity contribution < 1.29 is 9.53 Å². The van der Waals surface area contributed by atoms with E-state index < -0.39 is 0 Å². The Bertz CT molecular complexity index is 1070. The van der Waals surface area contributed by atoms with E-state index in [1.54, 1.807) is 6.07 Å². The molecule has 168 valence electrons. The maximum absolute atomic E-state index is 13.1. The number of aryl methyl sites for hydroxylation is 2. The second-order valence-electron chi connectivity index (χ2n) is 8.08. The molecule has 1 aromatic heterocycles. The third-order valence-electron chi connectivity index (χ3n) is 5.83. The molecular formula is C25H29ClN4O2. The van der Waals surface area contributed by atoms with Crippen LogP contribution in [0.15, 0.2) is 54.7 Å². The number of piperazine rings is 1. The third kappa shape index (κ3) is 5.31. The van der Waals surface area contributed by atoms with Crippen molar-refractivity contribution in [2.75, 3.05) is 26.2 Å². The molecule has 6 nitrogen and oxygen atoms in total. The fourth-order valence-electron chi connectivity index (χ4n) is 3.93. The Morgan fingerprint density at radius 2 is 1.88 bits per heavy atom. The predicted octanol–water partition coefficient (Wildman–Crippen LogP) is 4.40. The van der Waals surface area contributed by atoms with E-state index in [0.29, 0.717) is 22.9 Å². The van der Waals surface area contributed by atoms with Crippen molar-refractivity contribution in [2.45, 2.75) is 33.5 Å². The lowest BCUT2D eigenvalue weighted by Crippen LogP contribution is -2.48. The van der Waals surface area contributed by atoms with Crippen molar-refractivity contribution in [3.63, 3.8) is 0 Å². The van der Waals surface area contributed by atoms with Gasteiger partial charge in [0.05, 0.1) is 10.7 Å². The maximum atomic E-state index is 13.1. The first kappa shape index (κ1) is 22.4. The highest BCUT2D eigenvalue weighted by Crippen LogP contribution is 2.24. The number of hydrogen-bond acceptors (Lipinski definition) is 4. The number of rotatable bonds is 7. The Morgan fingerprint density at radius 3 is 2.59 bits per heavy atom. The highest BCUT2D eigenvalue weighted by molar-refractivity contribution is 6.32. The molecule has 0 atom stereocenters. The molecule has 0 saturated carbocycles. The number of ether oxygens (including phenoxy) is 1. The SMILES string of the molecule is CCn1cc(CN2CCN(C(=O)c3cccc(COc4ccccc4Cl)c3)CC2)c(C)n1. The number of benzene rings is 2.